The number of nitrogens with zero attached hydrogens (tertiary/aromatic N) is 5. The van der Waals surface area contributed by atoms with Crippen molar-refractivity contribution in [3.8, 4) is 0 Å². The van der Waals surface area contributed by atoms with Crippen molar-refractivity contribution < 1.29 is 9.59 Å². The molecule has 3 fully saturated rings. The van der Waals surface area contributed by atoms with E-state index in [1.54, 1.807) is 0 Å². The number of carbonyl (C=O) groups excluding carboxylic acids is 2. The Morgan fingerprint density at radius 2 is 1.56 bits per heavy atom. The molecule has 3 aliphatic rings. The SMILES string of the molecule is CC1CCN(c2ccc(N3CCN(C(=O)C4CCC(=O)N4)CC3)nn2)CC1. The number of amides is 2. The topological polar surface area (TPSA) is 81.7 Å². The number of hydrogen-bond acceptors (Lipinski definition) is 6. The van der Waals surface area contributed by atoms with Crippen LogP contribution in [-0.2, 0) is 9.59 Å². The molecule has 3 saturated heterocycles. The first-order valence-corrected chi connectivity index (χ1v) is 10.0. The summed E-state index contributed by atoms with van der Waals surface area (Å²) in [7, 11) is 0. The van der Waals surface area contributed by atoms with E-state index < -0.39 is 0 Å². The third-order valence-electron chi connectivity index (χ3n) is 5.95. The summed E-state index contributed by atoms with van der Waals surface area (Å²) in [5.41, 5.74) is 0. The molecule has 8 nitrogen and oxygen atoms in total. The lowest BCUT2D eigenvalue weighted by molar-refractivity contribution is -0.134. The minimum Gasteiger partial charge on any atom is -0.355 e. The number of piperidine rings is 1. The molecule has 146 valence electrons. The maximum absolute atomic E-state index is 12.5. The molecule has 0 aliphatic carbocycles. The summed E-state index contributed by atoms with van der Waals surface area (Å²) in [6, 6.07) is 3.76. The van der Waals surface area contributed by atoms with E-state index in [2.05, 4.69) is 38.3 Å². The van der Waals surface area contributed by atoms with Crippen LogP contribution in [0.15, 0.2) is 12.1 Å². The number of piperazine rings is 1. The molecule has 4 rings (SSSR count). The summed E-state index contributed by atoms with van der Waals surface area (Å²) >= 11 is 0. The van der Waals surface area contributed by atoms with Gasteiger partial charge in [-0.1, -0.05) is 6.92 Å². The molecule has 4 heterocycles. The molecule has 0 spiro atoms. The van der Waals surface area contributed by atoms with E-state index >= 15 is 0 Å². The lowest BCUT2D eigenvalue weighted by atomic mass is 9.99. The molecule has 3 aliphatic heterocycles. The van der Waals surface area contributed by atoms with Gasteiger partial charge in [-0.3, -0.25) is 9.59 Å². The monoisotopic (exact) mass is 372 g/mol. The van der Waals surface area contributed by atoms with Crippen LogP contribution in [0, 0.1) is 5.92 Å². The lowest BCUT2D eigenvalue weighted by Gasteiger charge is -2.36. The Morgan fingerprint density at radius 1 is 0.963 bits per heavy atom. The Kier molecular flexibility index (Phi) is 5.13. The number of rotatable bonds is 3. The van der Waals surface area contributed by atoms with Crippen LogP contribution in [0.5, 0.6) is 0 Å². The highest BCUT2D eigenvalue weighted by molar-refractivity contribution is 5.90. The molecule has 1 unspecified atom stereocenters. The maximum Gasteiger partial charge on any atom is 0.245 e. The van der Waals surface area contributed by atoms with Gasteiger partial charge >= 0.3 is 0 Å². The first-order chi connectivity index (χ1) is 13.1. The zero-order valence-corrected chi connectivity index (χ0v) is 15.9. The van der Waals surface area contributed by atoms with Crippen molar-refractivity contribution in [1.29, 1.82) is 0 Å². The molecular weight excluding hydrogens is 344 g/mol. The number of anilines is 2. The highest BCUT2D eigenvalue weighted by Gasteiger charge is 2.32. The molecule has 1 N–H and O–H groups in total. The fraction of sp³-hybridized carbons (Fsp3) is 0.684. The molecule has 2 amide bonds. The maximum atomic E-state index is 12.5. The molecule has 8 heteroatoms. The Balaban J connectivity index is 1.30. The first kappa shape index (κ1) is 18.0. The van der Waals surface area contributed by atoms with E-state index in [1.807, 2.05) is 11.0 Å². The number of hydrogen-bond donors (Lipinski definition) is 1. The lowest BCUT2D eigenvalue weighted by Crippen LogP contribution is -2.53. The normalized spacial score (nSPS) is 24.3. The summed E-state index contributed by atoms with van der Waals surface area (Å²) in [6.45, 7) is 7.18. The van der Waals surface area contributed by atoms with Gasteiger partial charge in [0.05, 0.1) is 0 Å². The summed E-state index contributed by atoms with van der Waals surface area (Å²) in [6.07, 6.45) is 3.48. The van der Waals surface area contributed by atoms with Gasteiger partial charge in [0.15, 0.2) is 11.6 Å². The second kappa shape index (κ2) is 7.70. The fourth-order valence-corrected chi connectivity index (χ4v) is 4.07. The minimum absolute atomic E-state index is 0.0227. The average Bonchev–Trinajstić information content (AvgIpc) is 3.15. The quantitative estimate of drug-likeness (QED) is 0.839. The molecule has 1 aromatic heterocycles. The highest BCUT2D eigenvalue weighted by Crippen LogP contribution is 2.22. The van der Waals surface area contributed by atoms with Crippen LogP contribution in [0.2, 0.25) is 0 Å². The van der Waals surface area contributed by atoms with Gasteiger partial charge in [-0.05, 0) is 37.3 Å². The van der Waals surface area contributed by atoms with Gasteiger partial charge in [0.1, 0.15) is 6.04 Å². The predicted octanol–water partition coefficient (Wildman–Crippen LogP) is 0.640. The van der Waals surface area contributed by atoms with E-state index in [0.717, 1.165) is 43.7 Å². The van der Waals surface area contributed by atoms with Crippen LogP contribution < -0.4 is 15.1 Å². The molecule has 1 aromatic rings. The second-order valence-corrected chi connectivity index (χ2v) is 7.89. The molecule has 0 radical (unpaired) electrons. The fourth-order valence-electron chi connectivity index (χ4n) is 4.07. The Hall–Kier alpha value is -2.38. The van der Waals surface area contributed by atoms with Crippen molar-refractivity contribution in [3.63, 3.8) is 0 Å². The Morgan fingerprint density at radius 3 is 2.07 bits per heavy atom. The molecule has 27 heavy (non-hydrogen) atoms. The Labute approximate surface area is 159 Å². The van der Waals surface area contributed by atoms with Crippen LogP contribution >= 0.6 is 0 Å². The van der Waals surface area contributed by atoms with Gasteiger partial charge in [-0.15, -0.1) is 10.2 Å². The molecule has 0 bridgehead atoms. The first-order valence-electron chi connectivity index (χ1n) is 10.0. The van der Waals surface area contributed by atoms with Crippen LogP contribution in [0.3, 0.4) is 0 Å². The standard InChI is InChI=1S/C19H28N6O2/c1-14-6-8-23(9-7-14)16-3-4-17(22-21-16)24-10-12-25(13-11-24)19(27)15-2-5-18(26)20-15/h3-4,14-15H,2,5-13H2,1H3,(H,20,26). The molecule has 0 aromatic carbocycles. The van der Waals surface area contributed by atoms with E-state index in [9.17, 15) is 9.59 Å². The largest absolute Gasteiger partial charge is 0.355 e. The predicted molar refractivity (Wildman–Crippen MR) is 103 cm³/mol. The average molecular weight is 372 g/mol. The van der Waals surface area contributed by atoms with Crippen LogP contribution in [-0.4, -0.2) is 72.2 Å². The molecule has 1 atom stereocenters. The van der Waals surface area contributed by atoms with Crippen LogP contribution in [0.25, 0.3) is 0 Å². The third-order valence-corrected chi connectivity index (χ3v) is 5.95. The van der Waals surface area contributed by atoms with Gasteiger partial charge < -0.3 is 20.0 Å². The van der Waals surface area contributed by atoms with Crippen LogP contribution in [0.1, 0.15) is 32.6 Å². The van der Waals surface area contributed by atoms with Gasteiger partial charge in [0.25, 0.3) is 0 Å². The summed E-state index contributed by atoms with van der Waals surface area (Å²) < 4.78 is 0. The van der Waals surface area contributed by atoms with Crippen molar-refractivity contribution in [1.82, 2.24) is 20.4 Å². The van der Waals surface area contributed by atoms with Crippen molar-refractivity contribution >= 4 is 23.5 Å². The highest BCUT2D eigenvalue weighted by atomic mass is 16.2. The van der Waals surface area contributed by atoms with Gasteiger partial charge in [-0.25, -0.2) is 0 Å². The van der Waals surface area contributed by atoms with Crippen molar-refractivity contribution in [2.75, 3.05) is 49.1 Å². The zero-order chi connectivity index (χ0) is 18.8. The van der Waals surface area contributed by atoms with E-state index in [4.69, 9.17) is 0 Å². The molecular formula is C19H28N6O2. The number of nitrogens with one attached hydrogen (secondary N) is 1. The van der Waals surface area contributed by atoms with Crippen molar-refractivity contribution in [2.24, 2.45) is 5.92 Å². The molecule has 0 saturated carbocycles. The smallest absolute Gasteiger partial charge is 0.245 e. The van der Waals surface area contributed by atoms with E-state index in [0.29, 0.717) is 25.9 Å². The second-order valence-electron chi connectivity index (χ2n) is 7.89. The van der Waals surface area contributed by atoms with Crippen molar-refractivity contribution in [3.05, 3.63) is 12.1 Å². The zero-order valence-electron chi connectivity index (χ0n) is 15.9. The minimum atomic E-state index is -0.338. The van der Waals surface area contributed by atoms with E-state index in [-0.39, 0.29) is 17.9 Å². The number of carbonyl (C=O) groups is 2. The third kappa shape index (κ3) is 3.99. The van der Waals surface area contributed by atoms with Gasteiger partial charge in [0, 0.05) is 45.7 Å². The summed E-state index contributed by atoms with van der Waals surface area (Å²) in [4.78, 5) is 30.2. The van der Waals surface area contributed by atoms with Gasteiger partial charge in [0.2, 0.25) is 11.8 Å². The van der Waals surface area contributed by atoms with Crippen molar-refractivity contribution in [2.45, 2.75) is 38.6 Å². The van der Waals surface area contributed by atoms with Gasteiger partial charge in [-0.2, -0.15) is 0 Å². The summed E-state index contributed by atoms with van der Waals surface area (Å²) in [5.74, 6) is 2.64. The summed E-state index contributed by atoms with van der Waals surface area (Å²) in [5, 5.41) is 11.6. The van der Waals surface area contributed by atoms with E-state index in [1.165, 1.54) is 12.8 Å². The Bertz CT molecular complexity index is 678. The van der Waals surface area contributed by atoms with Crippen LogP contribution in [0.4, 0.5) is 11.6 Å². The number of aromatic nitrogens is 2.